The molecule has 2 heterocycles. The number of aliphatic hydroxyl groups is 1. The Morgan fingerprint density at radius 1 is 1.32 bits per heavy atom. The molecule has 0 radical (unpaired) electrons. The van der Waals surface area contributed by atoms with Crippen LogP contribution in [-0.2, 0) is 11.2 Å². The predicted molar refractivity (Wildman–Crippen MR) is 140 cm³/mol. The Kier molecular flexibility index (Phi) is 6.33. The number of carbonyl (C=O) groups is 2. The number of methoxy groups -OCH3 is 1. The maximum absolute atomic E-state index is 12.6. The monoisotopic (exact) mass is 522 g/mol. The first kappa shape index (κ1) is 24.7. The van der Waals surface area contributed by atoms with Gasteiger partial charge in [0.2, 0.25) is 5.91 Å². The Labute approximate surface area is 219 Å². The molecule has 192 valence electrons. The van der Waals surface area contributed by atoms with Gasteiger partial charge in [-0.15, -0.1) is 0 Å². The van der Waals surface area contributed by atoms with E-state index in [2.05, 4.69) is 27.5 Å². The molecule has 2 fully saturated rings. The summed E-state index contributed by atoms with van der Waals surface area (Å²) < 4.78 is 11.1. The van der Waals surface area contributed by atoms with Crippen molar-refractivity contribution in [3.05, 3.63) is 76.9 Å². The van der Waals surface area contributed by atoms with Gasteiger partial charge in [-0.05, 0) is 61.6 Å². The van der Waals surface area contributed by atoms with Crippen molar-refractivity contribution in [2.75, 3.05) is 17.7 Å². The van der Waals surface area contributed by atoms with Crippen LogP contribution >= 0.6 is 11.6 Å². The van der Waals surface area contributed by atoms with Crippen LogP contribution in [0.1, 0.15) is 25.3 Å². The van der Waals surface area contributed by atoms with Crippen molar-refractivity contribution in [1.29, 1.82) is 0 Å². The molecule has 1 aromatic heterocycles. The number of urea groups is 1. The third kappa shape index (κ3) is 4.86. The van der Waals surface area contributed by atoms with Gasteiger partial charge in [-0.2, -0.15) is 0 Å². The van der Waals surface area contributed by atoms with Gasteiger partial charge in [0.15, 0.2) is 0 Å². The van der Waals surface area contributed by atoms with E-state index < -0.39 is 5.54 Å². The molecule has 3 aliphatic rings. The van der Waals surface area contributed by atoms with Gasteiger partial charge in [0.1, 0.15) is 28.8 Å². The van der Waals surface area contributed by atoms with Crippen molar-refractivity contribution >= 4 is 35.0 Å². The number of rotatable bonds is 8. The first-order valence-corrected chi connectivity index (χ1v) is 12.2. The zero-order valence-electron chi connectivity index (χ0n) is 20.4. The van der Waals surface area contributed by atoms with Crippen molar-refractivity contribution in [3.8, 4) is 11.5 Å². The molecule has 2 saturated carbocycles. The molecule has 0 bridgehead atoms. The number of allylic oxidation sites excluding steroid dienone is 4. The summed E-state index contributed by atoms with van der Waals surface area (Å²) in [5, 5.41) is 19.5. The molecular formula is C27H27ClN4O5. The smallest absolute Gasteiger partial charge is 0.319 e. The first-order chi connectivity index (χ1) is 17.7. The van der Waals surface area contributed by atoms with E-state index >= 15 is 0 Å². The van der Waals surface area contributed by atoms with Gasteiger partial charge in [-0.25, -0.2) is 9.78 Å². The van der Waals surface area contributed by atoms with Crippen LogP contribution in [0.5, 0.6) is 11.5 Å². The van der Waals surface area contributed by atoms with Gasteiger partial charge in [0.05, 0.1) is 23.4 Å². The van der Waals surface area contributed by atoms with E-state index in [4.69, 9.17) is 21.1 Å². The highest BCUT2D eigenvalue weighted by Gasteiger charge is 2.80. The molecule has 5 rings (SSSR count). The fourth-order valence-corrected chi connectivity index (χ4v) is 4.96. The number of halogens is 1. The van der Waals surface area contributed by atoms with E-state index in [1.165, 1.54) is 13.2 Å². The summed E-state index contributed by atoms with van der Waals surface area (Å²) in [4.78, 5) is 28.4. The van der Waals surface area contributed by atoms with Crippen molar-refractivity contribution in [1.82, 2.24) is 10.3 Å². The molecule has 2 aliphatic carbocycles. The molecule has 3 atom stereocenters. The number of hydrogen-bond acceptors (Lipinski definition) is 6. The van der Waals surface area contributed by atoms with Crippen molar-refractivity contribution < 1.29 is 24.2 Å². The van der Waals surface area contributed by atoms with Crippen LogP contribution in [0, 0.1) is 11.8 Å². The Balaban J connectivity index is 1.18. The predicted octanol–water partition coefficient (Wildman–Crippen LogP) is 5.12. The summed E-state index contributed by atoms with van der Waals surface area (Å²) in [6, 6.07) is 6.38. The van der Waals surface area contributed by atoms with Crippen LogP contribution in [-0.4, -0.2) is 34.7 Å². The van der Waals surface area contributed by atoms with E-state index in [-0.39, 0.29) is 29.5 Å². The molecule has 0 unspecified atom stereocenters. The maximum Gasteiger partial charge on any atom is 0.319 e. The van der Waals surface area contributed by atoms with Crippen LogP contribution in [0.3, 0.4) is 0 Å². The number of nitrogens with one attached hydrogen (secondary N) is 3. The molecule has 10 heteroatoms. The normalized spacial score (nSPS) is 23.7. The summed E-state index contributed by atoms with van der Waals surface area (Å²) >= 11 is 6.18. The topological polar surface area (TPSA) is 122 Å². The highest BCUT2D eigenvalue weighted by atomic mass is 35.5. The SMILES string of the molecule is C=C(/C(O)=C\C=C(/C)Oc1ccnc2c1CCC(=O)N2)[C@@H]1[C@@H]2C[C@@]12NC(=O)Nc1cc(OC)ccc1Cl. The average molecular weight is 523 g/mol. The fraction of sp³-hybridized carbons (Fsp3) is 0.296. The van der Waals surface area contributed by atoms with Crippen LogP contribution in [0.15, 0.2) is 66.3 Å². The van der Waals surface area contributed by atoms with Gasteiger partial charge in [0.25, 0.3) is 0 Å². The maximum atomic E-state index is 12.6. The molecular weight excluding hydrogens is 496 g/mol. The number of anilines is 2. The summed E-state index contributed by atoms with van der Waals surface area (Å²) in [5.41, 5.74) is 1.45. The molecule has 9 nitrogen and oxygen atoms in total. The quantitative estimate of drug-likeness (QED) is 0.282. The minimum atomic E-state index is -0.399. The number of benzene rings is 1. The minimum Gasteiger partial charge on any atom is -0.508 e. The number of fused-ring (bicyclic) bond motifs is 2. The van der Waals surface area contributed by atoms with E-state index in [9.17, 15) is 14.7 Å². The largest absolute Gasteiger partial charge is 0.508 e. The second kappa shape index (κ2) is 9.48. The van der Waals surface area contributed by atoms with Crippen LogP contribution in [0.2, 0.25) is 5.02 Å². The summed E-state index contributed by atoms with van der Waals surface area (Å²) in [5.74, 6) is 2.41. The molecule has 3 amide bonds. The molecule has 37 heavy (non-hydrogen) atoms. The highest BCUT2D eigenvalue weighted by molar-refractivity contribution is 6.33. The molecule has 0 spiro atoms. The average Bonchev–Trinajstić information content (AvgIpc) is 3.73. The number of amides is 3. The lowest BCUT2D eigenvalue weighted by Crippen LogP contribution is -2.37. The van der Waals surface area contributed by atoms with E-state index in [1.807, 2.05) is 0 Å². The number of aliphatic hydroxyl groups excluding tert-OH is 1. The third-order valence-electron chi connectivity index (χ3n) is 7.00. The van der Waals surface area contributed by atoms with E-state index in [0.717, 1.165) is 12.0 Å². The number of nitrogens with zero attached hydrogens (tertiary/aromatic N) is 1. The zero-order chi connectivity index (χ0) is 26.3. The van der Waals surface area contributed by atoms with Crippen LogP contribution < -0.4 is 25.4 Å². The molecule has 2 aromatic rings. The minimum absolute atomic E-state index is 0.0293. The second-order valence-electron chi connectivity index (χ2n) is 9.39. The second-order valence-corrected chi connectivity index (χ2v) is 9.80. The number of hydrogen-bond donors (Lipinski definition) is 4. The fourth-order valence-electron chi connectivity index (χ4n) is 4.80. The Morgan fingerprint density at radius 3 is 2.89 bits per heavy atom. The lowest BCUT2D eigenvalue weighted by Gasteiger charge is -2.19. The van der Waals surface area contributed by atoms with E-state index in [1.54, 1.807) is 43.5 Å². The van der Waals surface area contributed by atoms with Gasteiger partial charge in [-0.3, -0.25) is 4.79 Å². The van der Waals surface area contributed by atoms with Crippen molar-refractivity contribution in [3.63, 3.8) is 0 Å². The number of ether oxygens (including phenoxy) is 2. The van der Waals surface area contributed by atoms with Gasteiger partial charge >= 0.3 is 6.03 Å². The van der Waals surface area contributed by atoms with Crippen molar-refractivity contribution in [2.45, 2.75) is 31.7 Å². The van der Waals surface area contributed by atoms with E-state index in [0.29, 0.717) is 52.2 Å². The zero-order valence-corrected chi connectivity index (χ0v) is 21.2. The van der Waals surface area contributed by atoms with Gasteiger partial charge < -0.3 is 30.5 Å². The number of carbonyl (C=O) groups excluding carboxylic acids is 2. The molecule has 4 N–H and O–H groups in total. The lowest BCUT2D eigenvalue weighted by atomic mass is 10.0. The number of aromatic nitrogens is 1. The molecule has 1 aromatic carbocycles. The molecule has 0 saturated heterocycles. The summed E-state index contributed by atoms with van der Waals surface area (Å²) in [7, 11) is 1.54. The Bertz CT molecular complexity index is 1370. The Morgan fingerprint density at radius 2 is 2.14 bits per heavy atom. The van der Waals surface area contributed by atoms with Crippen LogP contribution in [0.25, 0.3) is 0 Å². The molecule has 1 aliphatic heterocycles. The third-order valence-corrected chi connectivity index (χ3v) is 7.33. The van der Waals surface area contributed by atoms with Crippen molar-refractivity contribution in [2.24, 2.45) is 11.8 Å². The summed E-state index contributed by atoms with van der Waals surface area (Å²) in [6.45, 7) is 5.82. The van der Waals surface area contributed by atoms with Gasteiger partial charge in [-0.1, -0.05) is 18.2 Å². The lowest BCUT2D eigenvalue weighted by molar-refractivity contribution is -0.116. The van der Waals surface area contributed by atoms with Gasteiger partial charge in [0, 0.05) is 30.2 Å². The van der Waals surface area contributed by atoms with Crippen LogP contribution in [0.4, 0.5) is 16.3 Å². The standard InChI is InChI=1S/C27H27ClN4O5/c1-14(37-22-10-11-29-25-17(22)6-9-23(34)31-25)4-8-21(33)15(2)24-18-13-27(18,24)32-26(35)30-20-12-16(36-3)5-7-19(20)28/h4-5,7-8,10-12,18,24,33H,2,6,9,13H2,1,3H3,(H,29,31,34)(H2,30,32,35)/b14-4+,21-8+/t18-,24+,27-/m0/s1. The number of pyridine rings is 1. The highest BCUT2D eigenvalue weighted by Crippen LogP contribution is 2.74. The first-order valence-electron chi connectivity index (χ1n) is 11.9. The Hall–Kier alpha value is -3.98. The summed E-state index contributed by atoms with van der Waals surface area (Å²) in [6.07, 6.45) is 6.51.